The summed E-state index contributed by atoms with van der Waals surface area (Å²) in [6.45, 7) is 2.92. The molecule has 2 amide bonds. The van der Waals surface area contributed by atoms with Crippen molar-refractivity contribution in [2.24, 2.45) is 23.7 Å². The van der Waals surface area contributed by atoms with Gasteiger partial charge in [-0.15, -0.1) is 0 Å². The van der Waals surface area contributed by atoms with Gasteiger partial charge in [0.25, 0.3) is 0 Å². The normalized spacial score (nSPS) is 25.1. The van der Waals surface area contributed by atoms with E-state index in [0.717, 1.165) is 63.3 Å². The molecule has 0 aromatic rings. The number of hydrogen-bond acceptors (Lipinski definition) is 3. The van der Waals surface area contributed by atoms with E-state index in [1.54, 1.807) is 0 Å². The maximum absolute atomic E-state index is 12.2. The van der Waals surface area contributed by atoms with Gasteiger partial charge in [-0.05, 0) is 62.2 Å². The Balaban J connectivity index is 1.63. The van der Waals surface area contributed by atoms with E-state index < -0.39 is 5.97 Å². The van der Waals surface area contributed by atoms with Gasteiger partial charge >= 0.3 is 5.97 Å². The second-order valence-electron chi connectivity index (χ2n) is 9.05. The van der Waals surface area contributed by atoms with E-state index in [0.29, 0.717) is 18.3 Å². The first-order valence-electron chi connectivity index (χ1n) is 11.8. The molecule has 0 saturated heterocycles. The molecule has 2 bridgehead atoms. The Morgan fingerprint density at radius 3 is 2.24 bits per heavy atom. The number of amides is 2. The predicted molar refractivity (Wildman–Crippen MR) is 113 cm³/mol. The summed E-state index contributed by atoms with van der Waals surface area (Å²) < 4.78 is 0. The van der Waals surface area contributed by atoms with E-state index in [-0.39, 0.29) is 24.8 Å². The van der Waals surface area contributed by atoms with Crippen LogP contribution in [0.4, 0.5) is 0 Å². The lowest BCUT2D eigenvalue weighted by atomic mass is 9.76. The molecule has 2 saturated carbocycles. The summed E-state index contributed by atoms with van der Waals surface area (Å²) in [5.41, 5.74) is 0. The third kappa shape index (κ3) is 8.35. The molecule has 6 heteroatoms. The standard InChI is InChI=1S/C23H40N2O4/c1-2-3-6-10-21(26)25-16-22(27)24-15-20-18-13-12-17(14-18)19(20)9-7-4-5-8-11-23(28)29/h17-20H,2-16H2,1H3,(H,24,27)(H,25,26)(H,28,29)/t17-,18+,19-,20+/m0/s1. The molecule has 0 aliphatic heterocycles. The minimum Gasteiger partial charge on any atom is -0.481 e. The molecular formula is C23H40N2O4. The van der Waals surface area contributed by atoms with Crippen molar-refractivity contribution in [3.63, 3.8) is 0 Å². The molecule has 166 valence electrons. The van der Waals surface area contributed by atoms with E-state index >= 15 is 0 Å². The van der Waals surface area contributed by atoms with Gasteiger partial charge in [-0.2, -0.15) is 0 Å². The summed E-state index contributed by atoms with van der Waals surface area (Å²) >= 11 is 0. The summed E-state index contributed by atoms with van der Waals surface area (Å²) in [6, 6.07) is 0. The average molecular weight is 409 g/mol. The van der Waals surface area contributed by atoms with Crippen LogP contribution in [0, 0.1) is 23.7 Å². The Hall–Kier alpha value is -1.59. The van der Waals surface area contributed by atoms with Crippen LogP contribution in [0.1, 0.15) is 90.4 Å². The van der Waals surface area contributed by atoms with Crippen LogP contribution < -0.4 is 10.6 Å². The zero-order valence-electron chi connectivity index (χ0n) is 18.1. The second-order valence-corrected chi connectivity index (χ2v) is 9.05. The molecule has 2 fully saturated rings. The third-order valence-electron chi connectivity index (χ3n) is 6.94. The minimum absolute atomic E-state index is 0.0331. The molecule has 0 aromatic carbocycles. The summed E-state index contributed by atoms with van der Waals surface area (Å²) in [7, 11) is 0. The fraction of sp³-hybridized carbons (Fsp3) is 0.870. The van der Waals surface area contributed by atoms with E-state index in [1.165, 1.54) is 25.7 Å². The molecule has 0 unspecified atom stereocenters. The maximum atomic E-state index is 12.2. The van der Waals surface area contributed by atoms with E-state index in [4.69, 9.17) is 5.11 Å². The first-order chi connectivity index (χ1) is 14.0. The lowest BCUT2D eigenvalue weighted by Crippen LogP contribution is -2.41. The number of unbranched alkanes of at least 4 members (excludes halogenated alkanes) is 5. The zero-order chi connectivity index (χ0) is 21.1. The van der Waals surface area contributed by atoms with Crippen molar-refractivity contribution in [2.45, 2.75) is 90.4 Å². The molecule has 0 spiro atoms. The Morgan fingerprint density at radius 1 is 0.828 bits per heavy atom. The lowest BCUT2D eigenvalue weighted by Gasteiger charge is -2.31. The Kier molecular flexibility index (Phi) is 10.5. The maximum Gasteiger partial charge on any atom is 0.303 e. The molecule has 0 radical (unpaired) electrons. The molecule has 0 heterocycles. The molecule has 4 atom stereocenters. The quantitative estimate of drug-likeness (QED) is 0.358. The van der Waals surface area contributed by atoms with Gasteiger partial charge in [0.15, 0.2) is 0 Å². The third-order valence-corrected chi connectivity index (χ3v) is 6.94. The Labute approximate surface area is 175 Å². The molecule has 0 aromatic heterocycles. The monoisotopic (exact) mass is 408 g/mol. The van der Waals surface area contributed by atoms with E-state index in [2.05, 4.69) is 17.6 Å². The van der Waals surface area contributed by atoms with E-state index in [1.807, 2.05) is 0 Å². The predicted octanol–water partition coefficient (Wildman–Crippen LogP) is 3.89. The van der Waals surface area contributed by atoms with Gasteiger partial charge in [-0.3, -0.25) is 14.4 Å². The largest absolute Gasteiger partial charge is 0.481 e. The van der Waals surface area contributed by atoms with Gasteiger partial charge in [0, 0.05) is 19.4 Å². The van der Waals surface area contributed by atoms with Crippen LogP contribution in [-0.2, 0) is 14.4 Å². The van der Waals surface area contributed by atoms with Gasteiger partial charge in [0.1, 0.15) is 0 Å². The summed E-state index contributed by atoms with van der Waals surface area (Å²) in [5.74, 6) is 1.98. The van der Waals surface area contributed by atoms with Gasteiger partial charge in [0.2, 0.25) is 11.8 Å². The number of carboxylic acid groups (broad SMARTS) is 1. The van der Waals surface area contributed by atoms with Crippen molar-refractivity contribution >= 4 is 17.8 Å². The zero-order valence-corrected chi connectivity index (χ0v) is 18.1. The first-order valence-corrected chi connectivity index (χ1v) is 11.8. The summed E-state index contributed by atoms with van der Waals surface area (Å²) in [4.78, 5) is 34.5. The molecule has 29 heavy (non-hydrogen) atoms. The highest BCUT2D eigenvalue weighted by Crippen LogP contribution is 2.53. The molecular weight excluding hydrogens is 368 g/mol. The van der Waals surface area contributed by atoms with Gasteiger partial charge in [-0.1, -0.05) is 39.0 Å². The van der Waals surface area contributed by atoms with Crippen LogP contribution in [0.3, 0.4) is 0 Å². The Bertz CT molecular complexity index is 537. The van der Waals surface area contributed by atoms with Crippen LogP contribution in [0.2, 0.25) is 0 Å². The minimum atomic E-state index is -0.703. The molecule has 6 nitrogen and oxygen atoms in total. The number of carbonyl (C=O) groups excluding carboxylic acids is 2. The number of hydrogen-bond donors (Lipinski definition) is 3. The van der Waals surface area contributed by atoms with Crippen molar-refractivity contribution in [3.05, 3.63) is 0 Å². The lowest BCUT2D eigenvalue weighted by molar-refractivity contribution is -0.137. The van der Waals surface area contributed by atoms with Crippen LogP contribution in [0.5, 0.6) is 0 Å². The molecule has 3 N–H and O–H groups in total. The van der Waals surface area contributed by atoms with Crippen LogP contribution in [0.15, 0.2) is 0 Å². The van der Waals surface area contributed by atoms with Crippen LogP contribution >= 0.6 is 0 Å². The van der Waals surface area contributed by atoms with Crippen molar-refractivity contribution in [3.8, 4) is 0 Å². The highest BCUT2D eigenvalue weighted by Gasteiger charge is 2.46. The molecule has 2 rings (SSSR count). The van der Waals surface area contributed by atoms with Gasteiger partial charge in [-0.25, -0.2) is 0 Å². The van der Waals surface area contributed by atoms with E-state index in [9.17, 15) is 14.4 Å². The molecule has 2 aliphatic rings. The smallest absolute Gasteiger partial charge is 0.303 e. The number of fused-ring (bicyclic) bond motifs is 2. The van der Waals surface area contributed by atoms with Crippen molar-refractivity contribution in [1.29, 1.82) is 0 Å². The van der Waals surface area contributed by atoms with Gasteiger partial charge < -0.3 is 15.7 Å². The SMILES string of the molecule is CCCCCC(=O)NCC(=O)NC[C@@H]1[C@@H]2CC[C@@H](C2)[C@@H]1CCCCCCC(=O)O. The number of nitrogens with one attached hydrogen (secondary N) is 2. The number of aliphatic carboxylic acids is 1. The number of carbonyl (C=O) groups is 3. The van der Waals surface area contributed by atoms with Crippen molar-refractivity contribution < 1.29 is 19.5 Å². The highest BCUT2D eigenvalue weighted by molar-refractivity contribution is 5.84. The number of rotatable bonds is 15. The van der Waals surface area contributed by atoms with Crippen LogP contribution in [-0.4, -0.2) is 36.0 Å². The topological polar surface area (TPSA) is 95.5 Å². The van der Waals surface area contributed by atoms with Crippen molar-refractivity contribution in [1.82, 2.24) is 10.6 Å². The summed E-state index contributed by atoms with van der Waals surface area (Å²) in [5, 5.41) is 14.5. The number of carboxylic acids is 1. The first kappa shape index (κ1) is 23.7. The fourth-order valence-corrected chi connectivity index (χ4v) is 5.40. The molecule has 2 aliphatic carbocycles. The summed E-state index contributed by atoms with van der Waals surface area (Å²) in [6.07, 6.45) is 12.9. The Morgan fingerprint density at radius 2 is 1.52 bits per heavy atom. The second kappa shape index (κ2) is 12.9. The average Bonchev–Trinajstić information content (AvgIpc) is 3.29. The van der Waals surface area contributed by atoms with Crippen LogP contribution in [0.25, 0.3) is 0 Å². The fourth-order valence-electron chi connectivity index (χ4n) is 5.40. The highest BCUT2D eigenvalue weighted by atomic mass is 16.4. The van der Waals surface area contributed by atoms with Crippen molar-refractivity contribution in [2.75, 3.05) is 13.1 Å². The van der Waals surface area contributed by atoms with Gasteiger partial charge in [0.05, 0.1) is 6.54 Å².